The lowest BCUT2D eigenvalue weighted by molar-refractivity contribution is -0.355. The van der Waals surface area contributed by atoms with E-state index in [0.717, 1.165) is 5.56 Å². The second-order valence-corrected chi connectivity index (χ2v) is 11.6. The Hall–Kier alpha value is -2.46. The van der Waals surface area contributed by atoms with Gasteiger partial charge in [-0.3, -0.25) is 9.59 Å². The first-order valence-electron chi connectivity index (χ1n) is 13.1. The third-order valence-electron chi connectivity index (χ3n) is 8.52. The zero-order chi connectivity index (χ0) is 28.1. The molecule has 9 nitrogen and oxygen atoms in total. The van der Waals surface area contributed by atoms with Crippen LogP contribution in [0.4, 0.5) is 0 Å². The van der Waals surface area contributed by atoms with Crippen LogP contribution < -0.4 is 0 Å². The molecule has 0 amide bonds. The molecule has 210 valence electrons. The highest BCUT2D eigenvalue weighted by Crippen LogP contribution is 2.69. The highest BCUT2D eigenvalue weighted by Gasteiger charge is 2.86. The zero-order valence-corrected chi connectivity index (χ0v) is 23.1. The van der Waals surface area contributed by atoms with Crippen LogP contribution in [0.15, 0.2) is 42.7 Å². The predicted octanol–water partition coefficient (Wildman–Crippen LogP) is 3.05. The van der Waals surface area contributed by atoms with Crippen molar-refractivity contribution in [1.29, 1.82) is 0 Å². The Kier molecular flexibility index (Phi) is 7.46. The molecule has 38 heavy (non-hydrogen) atoms. The normalized spacial score (nSPS) is 39.1. The fourth-order valence-corrected chi connectivity index (χ4v) is 7.21. The van der Waals surface area contributed by atoms with Crippen molar-refractivity contribution in [1.82, 2.24) is 0 Å². The van der Waals surface area contributed by atoms with Gasteiger partial charge in [-0.25, -0.2) is 0 Å². The van der Waals surface area contributed by atoms with Gasteiger partial charge in [0, 0.05) is 13.8 Å². The van der Waals surface area contributed by atoms with Crippen LogP contribution in [0.5, 0.6) is 0 Å². The van der Waals surface area contributed by atoms with Gasteiger partial charge in [0.05, 0.1) is 41.0 Å². The number of carbonyl (C=O) groups is 2. The molecule has 1 heterocycles. The molecule has 0 unspecified atom stereocenters. The van der Waals surface area contributed by atoms with Gasteiger partial charge in [-0.15, -0.1) is 0 Å². The second kappa shape index (κ2) is 9.93. The van der Waals surface area contributed by atoms with E-state index >= 15 is 0 Å². The Balaban J connectivity index is 2.00. The Labute approximate surface area is 224 Å². The molecule has 1 aromatic rings. The van der Waals surface area contributed by atoms with Gasteiger partial charge >= 0.3 is 11.9 Å². The van der Waals surface area contributed by atoms with Crippen LogP contribution in [0.3, 0.4) is 0 Å². The molecule has 0 radical (unpaired) electrons. The van der Waals surface area contributed by atoms with Crippen LogP contribution in [0.1, 0.15) is 59.9 Å². The third-order valence-corrected chi connectivity index (χ3v) is 8.52. The van der Waals surface area contributed by atoms with E-state index in [2.05, 4.69) is 6.58 Å². The van der Waals surface area contributed by atoms with Crippen molar-refractivity contribution in [3.63, 3.8) is 0 Å². The van der Waals surface area contributed by atoms with E-state index in [1.807, 2.05) is 44.2 Å². The summed E-state index contributed by atoms with van der Waals surface area (Å²) in [6.45, 7) is 13.3. The van der Waals surface area contributed by atoms with Crippen molar-refractivity contribution in [3.05, 3.63) is 48.2 Å². The van der Waals surface area contributed by atoms with Crippen LogP contribution in [0, 0.1) is 11.3 Å². The van der Waals surface area contributed by atoms with Crippen molar-refractivity contribution < 1.29 is 43.5 Å². The molecule has 8 atom stereocenters. The standard InChI is InChI=1S/C29H40O9/c1-17(2)36-24-22-23(37-19(4)31)25(34-15-20-11-9-8-10-12-20)28(16-35-18(3)30)21(32)13-14-27(7,33)29(24,28)38-26(22,5)6/h8-12,21-25,32-33H,1,13-16H2,2-7H3/t21-,22+,23+,24+,25+,27-,28-,29-/m0/s1. The summed E-state index contributed by atoms with van der Waals surface area (Å²) >= 11 is 0. The Morgan fingerprint density at radius 3 is 2.29 bits per heavy atom. The number of aliphatic hydroxyl groups excluding tert-OH is 1. The molecule has 2 aliphatic carbocycles. The summed E-state index contributed by atoms with van der Waals surface area (Å²) in [6.07, 6.45) is -3.70. The van der Waals surface area contributed by atoms with Gasteiger partial charge in [0.2, 0.25) is 0 Å². The summed E-state index contributed by atoms with van der Waals surface area (Å²) in [7, 11) is 0. The van der Waals surface area contributed by atoms with Gasteiger partial charge in [0.15, 0.2) is 0 Å². The molecule has 1 spiro atoms. The number of carbonyl (C=O) groups excluding carboxylic acids is 2. The first kappa shape index (κ1) is 28.5. The van der Waals surface area contributed by atoms with E-state index in [4.69, 9.17) is 23.7 Å². The van der Waals surface area contributed by atoms with E-state index in [1.165, 1.54) is 13.8 Å². The minimum Gasteiger partial charge on any atom is -0.492 e. The summed E-state index contributed by atoms with van der Waals surface area (Å²) in [6, 6.07) is 9.45. The largest absolute Gasteiger partial charge is 0.492 e. The zero-order valence-electron chi connectivity index (χ0n) is 23.1. The molecule has 1 saturated heterocycles. The molecule has 3 aliphatic rings. The van der Waals surface area contributed by atoms with Gasteiger partial charge in [0.1, 0.15) is 30.5 Å². The summed E-state index contributed by atoms with van der Waals surface area (Å²) in [4.78, 5) is 24.7. The van der Waals surface area contributed by atoms with Crippen molar-refractivity contribution >= 4 is 11.9 Å². The minimum atomic E-state index is -1.61. The lowest BCUT2D eigenvalue weighted by atomic mass is 9.46. The van der Waals surface area contributed by atoms with Crippen LogP contribution >= 0.6 is 0 Å². The molecule has 4 rings (SSSR count). The molecule has 3 fully saturated rings. The van der Waals surface area contributed by atoms with Crippen LogP contribution in [-0.4, -0.2) is 70.0 Å². The lowest BCUT2D eigenvalue weighted by Gasteiger charge is -2.65. The molecule has 2 N–H and O–H groups in total. The average Bonchev–Trinajstić information content (AvgIpc) is 3.00. The number of hydrogen-bond donors (Lipinski definition) is 2. The average molecular weight is 533 g/mol. The van der Waals surface area contributed by atoms with E-state index in [-0.39, 0.29) is 26.1 Å². The van der Waals surface area contributed by atoms with E-state index in [9.17, 15) is 19.8 Å². The van der Waals surface area contributed by atoms with Crippen molar-refractivity contribution in [3.8, 4) is 0 Å². The quantitative estimate of drug-likeness (QED) is 0.384. The first-order chi connectivity index (χ1) is 17.7. The van der Waals surface area contributed by atoms with Gasteiger partial charge < -0.3 is 33.9 Å². The minimum absolute atomic E-state index is 0.120. The summed E-state index contributed by atoms with van der Waals surface area (Å²) in [5, 5.41) is 24.0. The lowest BCUT2D eigenvalue weighted by Crippen LogP contribution is -2.83. The van der Waals surface area contributed by atoms with E-state index in [1.54, 1.807) is 13.8 Å². The Morgan fingerprint density at radius 1 is 1.05 bits per heavy atom. The molecule has 2 saturated carbocycles. The fraction of sp³-hybridized carbons (Fsp3) is 0.655. The molecular weight excluding hydrogens is 492 g/mol. The number of benzene rings is 1. The number of esters is 2. The Bertz CT molecular complexity index is 1070. The maximum atomic E-state index is 12.5. The molecule has 2 bridgehead atoms. The third kappa shape index (κ3) is 4.33. The smallest absolute Gasteiger partial charge is 0.303 e. The van der Waals surface area contributed by atoms with Crippen molar-refractivity contribution in [2.24, 2.45) is 11.3 Å². The van der Waals surface area contributed by atoms with Crippen molar-refractivity contribution in [2.75, 3.05) is 6.61 Å². The molecule has 1 aliphatic heterocycles. The number of aliphatic hydroxyl groups is 2. The van der Waals surface area contributed by atoms with Gasteiger partial charge in [-0.2, -0.15) is 0 Å². The fourth-order valence-electron chi connectivity index (χ4n) is 7.21. The van der Waals surface area contributed by atoms with E-state index < -0.39 is 64.5 Å². The second-order valence-electron chi connectivity index (χ2n) is 11.6. The molecule has 9 heteroatoms. The molecule has 1 aromatic carbocycles. The number of rotatable bonds is 8. The van der Waals surface area contributed by atoms with Crippen LogP contribution in [0.25, 0.3) is 0 Å². The monoisotopic (exact) mass is 532 g/mol. The van der Waals surface area contributed by atoms with Gasteiger partial charge in [-0.1, -0.05) is 36.9 Å². The number of fused-ring (bicyclic) bond motifs is 1. The van der Waals surface area contributed by atoms with Gasteiger partial charge in [0.25, 0.3) is 0 Å². The predicted molar refractivity (Wildman–Crippen MR) is 137 cm³/mol. The summed E-state index contributed by atoms with van der Waals surface area (Å²) in [5.74, 6) is -1.38. The topological polar surface area (TPSA) is 121 Å². The van der Waals surface area contributed by atoms with Crippen LogP contribution in [0.2, 0.25) is 0 Å². The maximum Gasteiger partial charge on any atom is 0.303 e. The van der Waals surface area contributed by atoms with Crippen molar-refractivity contribution in [2.45, 2.75) is 102 Å². The van der Waals surface area contributed by atoms with Gasteiger partial charge in [-0.05, 0) is 46.1 Å². The van der Waals surface area contributed by atoms with Crippen LogP contribution in [-0.2, 0) is 39.9 Å². The first-order valence-corrected chi connectivity index (χ1v) is 13.1. The highest BCUT2D eigenvalue weighted by molar-refractivity contribution is 5.67. The summed E-state index contributed by atoms with van der Waals surface area (Å²) in [5.41, 5.74) is -4.88. The Morgan fingerprint density at radius 2 is 1.71 bits per heavy atom. The highest BCUT2D eigenvalue weighted by atomic mass is 16.6. The number of hydrogen-bond acceptors (Lipinski definition) is 9. The maximum absolute atomic E-state index is 12.5. The number of ether oxygens (including phenoxy) is 5. The number of allylic oxidation sites excluding steroid dienone is 1. The van der Waals surface area contributed by atoms with E-state index in [0.29, 0.717) is 5.76 Å². The summed E-state index contributed by atoms with van der Waals surface area (Å²) < 4.78 is 31.4. The SMILES string of the molecule is C=C(C)O[C@@H]1[C@H]2[C@@H](OC(C)=O)[C@@H](OCc3ccccc3)[C@]3(COC(C)=O)[C@@H](O)CC[C@](C)(O)[C@@]13OC2(C)C. The molecule has 0 aromatic heterocycles. The molecular formula is C29H40O9.